The van der Waals surface area contributed by atoms with Crippen LogP contribution in [0.5, 0.6) is 0 Å². The van der Waals surface area contributed by atoms with Crippen molar-refractivity contribution in [1.29, 1.82) is 0 Å². The number of aliphatic imine (C=N–C) groups is 1. The van der Waals surface area contributed by atoms with Crippen molar-refractivity contribution in [3.8, 4) is 0 Å². The van der Waals surface area contributed by atoms with E-state index in [0.717, 1.165) is 0 Å². The highest BCUT2D eigenvalue weighted by Gasteiger charge is 2.48. The number of alkyl halides is 3. The number of halogens is 3. The molecule has 0 aromatic heterocycles. The molecule has 2 unspecified atom stereocenters. The average Bonchev–Trinajstić information content (AvgIpc) is 2.57. The monoisotopic (exact) mass is 285 g/mol. The Hall–Kier alpha value is 0.300. The van der Waals surface area contributed by atoms with Crippen LogP contribution in [-0.2, 0) is 9.47 Å². The number of ether oxygens (including phenoxy) is 2. The third-order valence-electron chi connectivity index (χ3n) is 3.47. The molecule has 0 aromatic rings. The Kier molecular flexibility index (Phi) is 3.35. The maximum absolute atomic E-state index is 5.74. The van der Waals surface area contributed by atoms with Crippen molar-refractivity contribution in [3.05, 3.63) is 0 Å². The lowest BCUT2D eigenvalue weighted by atomic mass is 9.83. The summed E-state index contributed by atoms with van der Waals surface area (Å²) in [4.78, 5) is 4.32. The van der Waals surface area contributed by atoms with E-state index in [1.165, 1.54) is 0 Å². The first-order chi connectivity index (χ1) is 7.30. The Morgan fingerprint density at radius 1 is 1.12 bits per heavy atom. The Morgan fingerprint density at radius 2 is 1.75 bits per heavy atom. The van der Waals surface area contributed by atoms with Gasteiger partial charge in [-0.3, -0.25) is 0 Å². The van der Waals surface area contributed by atoms with Gasteiger partial charge in [0.25, 0.3) is 3.79 Å². The van der Waals surface area contributed by atoms with Crippen LogP contribution < -0.4 is 0 Å². The molecule has 0 N–H and O–H groups in total. The molecule has 0 saturated carbocycles. The number of hydrogen-bond donors (Lipinski definition) is 0. The summed E-state index contributed by atoms with van der Waals surface area (Å²) < 4.78 is 9.55. The summed E-state index contributed by atoms with van der Waals surface area (Å²) in [6, 6.07) is -0.0724. The molecular formula is C10H14Cl3NO2. The summed E-state index contributed by atoms with van der Waals surface area (Å²) in [6.45, 7) is 6.28. The van der Waals surface area contributed by atoms with Crippen LogP contribution >= 0.6 is 34.8 Å². The molecule has 2 rings (SSSR count). The third-order valence-corrected chi connectivity index (χ3v) is 3.96. The topological polar surface area (TPSA) is 30.8 Å². The second-order valence-electron chi connectivity index (χ2n) is 4.47. The molecule has 5 atom stereocenters. The van der Waals surface area contributed by atoms with Gasteiger partial charge in [-0.15, -0.1) is 0 Å². The molecule has 0 bridgehead atoms. The first-order valence-corrected chi connectivity index (χ1v) is 6.41. The van der Waals surface area contributed by atoms with E-state index in [9.17, 15) is 0 Å². The molecule has 16 heavy (non-hydrogen) atoms. The summed E-state index contributed by atoms with van der Waals surface area (Å²) in [7, 11) is 0. The van der Waals surface area contributed by atoms with Gasteiger partial charge in [0.05, 0.1) is 6.10 Å². The lowest BCUT2D eigenvalue weighted by molar-refractivity contribution is -0.180. The molecule has 92 valence electrons. The maximum Gasteiger partial charge on any atom is 0.266 e. The zero-order chi connectivity index (χ0) is 12.1. The minimum atomic E-state index is -1.60. The second-order valence-corrected chi connectivity index (χ2v) is 6.75. The Bertz CT molecular complexity index is 316. The van der Waals surface area contributed by atoms with E-state index in [0.29, 0.717) is 11.8 Å². The third kappa shape index (κ3) is 2.15. The van der Waals surface area contributed by atoms with Gasteiger partial charge < -0.3 is 9.47 Å². The number of fused-ring (bicyclic) bond motifs is 1. The lowest BCUT2D eigenvalue weighted by Gasteiger charge is -2.38. The van der Waals surface area contributed by atoms with Crippen molar-refractivity contribution < 1.29 is 9.47 Å². The first kappa shape index (κ1) is 12.7. The van der Waals surface area contributed by atoms with Gasteiger partial charge in [0.15, 0.2) is 0 Å². The molecular weight excluding hydrogens is 272 g/mol. The van der Waals surface area contributed by atoms with E-state index in [2.05, 4.69) is 18.8 Å². The molecule has 0 aromatic carbocycles. The standard InChI is InChI=1S/C10H14Cl3NO2/c1-4-5(2)7-8(15-6(4)3)16-9(14-7)10(11,12)13/h4-8H,1-3H3/t4?,5-,6-,7?,8+/m1/s1. The molecule has 0 spiro atoms. The van der Waals surface area contributed by atoms with Gasteiger partial charge in [-0.1, -0.05) is 48.7 Å². The van der Waals surface area contributed by atoms with Crippen molar-refractivity contribution in [3.63, 3.8) is 0 Å². The number of hydrogen-bond acceptors (Lipinski definition) is 3. The summed E-state index contributed by atoms with van der Waals surface area (Å²) in [6.07, 6.45) is -0.284. The summed E-state index contributed by atoms with van der Waals surface area (Å²) in [5, 5.41) is 0. The predicted molar refractivity (Wildman–Crippen MR) is 65.3 cm³/mol. The molecule has 1 fully saturated rings. The Morgan fingerprint density at radius 3 is 2.31 bits per heavy atom. The van der Waals surface area contributed by atoms with Gasteiger partial charge in [0.1, 0.15) is 6.04 Å². The SMILES string of the molecule is CC1[C@@H](C)C2N=C(C(Cl)(Cl)Cl)O[C@@H]2O[C@@H]1C. The van der Waals surface area contributed by atoms with Crippen LogP contribution in [0.4, 0.5) is 0 Å². The normalized spacial score (nSPS) is 43.6. The maximum atomic E-state index is 5.74. The molecule has 0 aliphatic carbocycles. The smallest absolute Gasteiger partial charge is 0.266 e. The van der Waals surface area contributed by atoms with Gasteiger partial charge >= 0.3 is 0 Å². The largest absolute Gasteiger partial charge is 0.446 e. The average molecular weight is 287 g/mol. The van der Waals surface area contributed by atoms with Crippen LogP contribution in [0.15, 0.2) is 4.99 Å². The van der Waals surface area contributed by atoms with Crippen LogP contribution in [0.25, 0.3) is 0 Å². The molecule has 0 amide bonds. The highest BCUT2D eigenvalue weighted by Crippen LogP contribution is 2.40. The van der Waals surface area contributed by atoms with Crippen molar-refractivity contribution >= 4 is 40.7 Å². The first-order valence-electron chi connectivity index (χ1n) is 5.28. The lowest BCUT2D eigenvalue weighted by Crippen LogP contribution is -2.46. The van der Waals surface area contributed by atoms with Gasteiger partial charge in [-0.2, -0.15) is 0 Å². The molecule has 1 saturated heterocycles. The second kappa shape index (κ2) is 4.20. The molecule has 2 heterocycles. The zero-order valence-electron chi connectivity index (χ0n) is 9.28. The van der Waals surface area contributed by atoms with Crippen LogP contribution in [0, 0.1) is 11.8 Å². The van der Waals surface area contributed by atoms with Gasteiger partial charge in [0.2, 0.25) is 12.2 Å². The van der Waals surface area contributed by atoms with E-state index in [-0.39, 0.29) is 18.0 Å². The van der Waals surface area contributed by atoms with E-state index < -0.39 is 10.1 Å². The highest BCUT2D eigenvalue weighted by atomic mass is 35.6. The molecule has 2 aliphatic heterocycles. The minimum Gasteiger partial charge on any atom is -0.446 e. The molecule has 6 heteroatoms. The Labute approximate surface area is 110 Å². The number of rotatable bonds is 0. The van der Waals surface area contributed by atoms with Gasteiger partial charge in [0, 0.05) is 0 Å². The number of nitrogens with zero attached hydrogens (tertiary/aromatic N) is 1. The fourth-order valence-corrected chi connectivity index (χ4v) is 2.37. The summed E-state index contributed by atoms with van der Waals surface area (Å²) >= 11 is 17.2. The van der Waals surface area contributed by atoms with E-state index in [4.69, 9.17) is 44.3 Å². The van der Waals surface area contributed by atoms with Gasteiger partial charge in [-0.25, -0.2) is 4.99 Å². The fourth-order valence-electron chi connectivity index (χ4n) is 2.09. The highest BCUT2D eigenvalue weighted by molar-refractivity contribution is 6.76. The van der Waals surface area contributed by atoms with E-state index in [1.807, 2.05) is 6.92 Å². The molecule has 2 aliphatic rings. The zero-order valence-corrected chi connectivity index (χ0v) is 11.6. The van der Waals surface area contributed by atoms with Crippen LogP contribution in [0.3, 0.4) is 0 Å². The van der Waals surface area contributed by atoms with E-state index in [1.54, 1.807) is 0 Å². The van der Waals surface area contributed by atoms with Crippen molar-refractivity contribution in [1.82, 2.24) is 0 Å². The summed E-state index contributed by atoms with van der Waals surface area (Å²) in [5.74, 6) is 0.891. The van der Waals surface area contributed by atoms with Crippen LogP contribution in [-0.4, -0.2) is 28.1 Å². The van der Waals surface area contributed by atoms with Crippen LogP contribution in [0.2, 0.25) is 0 Å². The Balaban J connectivity index is 2.19. The van der Waals surface area contributed by atoms with Crippen molar-refractivity contribution in [2.45, 2.75) is 43.0 Å². The fraction of sp³-hybridized carbons (Fsp3) is 0.900. The minimum absolute atomic E-state index is 0.0724. The van der Waals surface area contributed by atoms with Crippen LogP contribution in [0.1, 0.15) is 20.8 Å². The van der Waals surface area contributed by atoms with Crippen molar-refractivity contribution in [2.75, 3.05) is 0 Å². The quantitative estimate of drug-likeness (QED) is 0.640. The van der Waals surface area contributed by atoms with Gasteiger partial charge in [-0.05, 0) is 18.8 Å². The summed E-state index contributed by atoms with van der Waals surface area (Å²) in [5.41, 5.74) is 0. The van der Waals surface area contributed by atoms with E-state index >= 15 is 0 Å². The molecule has 0 radical (unpaired) electrons. The molecule has 3 nitrogen and oxygen atoms in total. The predicted octanol–water partition coefficient (Wildman–Crippen LogP) is 3.17. The van der Waals surface area contributed by atoms with Crippen molar-refractivity contribution in [2.24, 2.45) is 16.8 Å².